The molecule has 0 bridgehead atoms. The summed E-state index contributed by atoms with van der Waals surface area (Å²) in [5.41, 5.74) is 0.0615. The number of methoxy groups -OCH3 is 1. The van der Waals surface area contributed by atoms with E-state index in [1.54, 1.807) is 14.0 Å². The van der Waals surface area contributed by atoms with Gasteiger partial charge in [-0.2, -0.15) is 0 Å². The summed E-state index contributed by atoms with van der Waals surface area (Å²) in [6.07, 6.45) is 0.0858. The molecule has 1 aliphatic rings. The zero-order valence-corrected chi connectivity index (χ0v) is 19.6. The molecule has 2 N–H and O–H groups in total. The average molecular weight is 483 g/mol. The Morgan fingerprint density at radius 2 is 1.81 bits per heavy atom. The molecule has 0 spiro atoms. The molecule has 0 saturated carbocycles. The van der Waals surface area contributed by atoms with Crippen LogP contribution < -0.4 is 10.6 Å². The van der Waals surface area contributed by atoms with Gasteiger partial charge in [0.05, 0.1) is 12.6 Å². The highest BCUT2D eigenvalue weighted by molar-refractivity contribution is 14.0. The molecule has 1 atom stereocenters. The zero-order valence-electron chi connectivity index (χ0n) is 17.3. The van der Waals surface area contributed by atoms with Crippen molar-refractivity contribution in [2.45, 2.75) is 40.7 Å². The number of carbonyl (C=O) groups is 1. The Bertz CT molecular complexity index is 432. The van der Waals surface area contributed by atoms with E-state index in [9.17, 15) is 4.79 Å². The Kier molecular flexibility index (Phi) is 12.4. The van der Waals surface area contributed by atoms with Crippen molar-refractivity contribution in [1.82, 2.24) is 20.4 Å². The molecule has 0 radical (unpaired) electrons. The Balaban J connectivity index is 0.00000625. The van der Waals surface area contributed by atoms with Crippen LogP contribution in [0.2, 0.25) is 0 Å². The van der Waals surface area contributed by atoms with Crippen molar-refractivity contribution in [1.29, 1.82) is 0 Å². The van der Waals surface area contributed by atoms with E-state index >= 15 is 0 Å². The van der Waals surface area contributed by atoms with Crippen molar-refractivity contribution in [3.63, 3.8) is 0 Å². The number of amides is 1. The van der Waals surface area contributed by atoms with Crippen molar-refractivity contribution in [3.8, 4) is 0 Å². The third kappa shape index (κ3) is 9.36. The molecule has 26 heavy (non-hydrogen) atoms. The van der Waals surface area contributed by atoms with Gasteiger partial charge in [0.25, 0.3) is 0 Å². The van der Waals surface area contributed by atoms with Crippen LogP contribution in [-0.4, -0.2) is 87.2 Å². The Hall–Kier alpha value is -0.610. The maximum atomic E-state index is 11.4. The molecule has 1 rings (SSSR count). The molecule has 0 aromatic rings. The molecule has 0 aliphatic carbocycles. The maximum absolute atomic E-state index is 11.4. The number of aliphatic imine (C=N–C) groups is 1. The number of halogens is 1. The van der Waals surface area contributed by atoms with Gasteiger partial charge < -0.3 is 20.3 Å². The minimum absolute atomic E-state index is 0. The predicted octanol–water partition coefficient (Wildman–Crippen LogP) is 1.38. The highest BCUT2D eigenvalue weighted by atomic mass is 127. The first kappa shape index (κ1) is 25.4. The second-order valence-electron chi connectivity index (χ2n) is 7.58. The zero-order chi connectivity index (χ0) is 18.9. The predicted molar refractivity (Wildman–Crippen MR) is 118 cm³/mol. The van der Waals surface area contributed by atoms with E-state index in [1.807, 2.05) is 4.90 Å². The van der Waals surface area contributed by atoms with Gasteiger partial charge in [0, 0.05) is 59.8 Å². The fraction of sp³-hybridized carbons (Fsp3) is 0.889. The highest BCUT2D eigenvalue weighted by Crippen LogP contribution is 2.21. The first-order chi connectivity index (χ1) is 11.8. The van der Waals surface area contributed by atoms with Crippen LogP contribution in [0, 0.1) is 5.41 Å². The van der Waals surface area contributed by atoms with Crippen LogP contribution in [0.25, 0.3) is 0 Å². The van der Waals surface area contributed by atoms with Crippen LogP contribution in [0.15, 0.2) is 4.99 Å². The molecule has 1 amide bonds. The lowest BCUT2D eigenvalue weighted by Crippen LogP contribution is -2.50. The number of guanidine groups is 1. The number of hydrogen-bond acceptors (Lipinski definition) is 4. The molecule has 1 aliphatic heterocycles. The number of nitrogens with zero attached hydrogens (tertiary/aromatic N) is 3. The number of ether oxygens (including phenoxy) is 1. The Morgan fingerprint density at radius 3 is 2.27 bits per heavy atom. The average Bonchev–Trinajstić information content (AvgIpc) is 2.54. The molecule has 154 valence electrons. The van der Waals surface area contributed by atoms with Gasteiger partial charge in [-0.3, -0.25) is 14.7 Å². The van der Waals surface area contributed by atoms with Gasteiger partial charge in [0.2, 0.25) is 5.91 Å². The van der Waals surface area contributed by atoms with Gasteiger partial charge in [0.1, 0.15) is 0 Å². The molecule has 8 heteroatoms. The minimum atomic E-state index is 0. The van der Waals surface area contributed by atoms with Gasteiger partial charge in [-0.25, -0.2) is 0 Å². The van der Waals surface area contributed by atoms with E-state index in [-0.39, 0.29) is 41.4 Å². The van der Waals surface area contributed by atoms with Gasteiger partial charge in [-0.15, -0.1) is 24.0 Å². The Morgan fingerprint density at radius 1 is 1.19 bits per heavy atom. The van der Waals surface area contributed by atoms with Gasteiger partial charge in [-0.05, 0) is 12.3 Å². The molecule has 1 saturated heterocycles. The SMILES string of the molecule is CCNC(=NCC(OC)C(C)(C)C)NCCN1CCN(C(C)=O)CC1.I. The first-order valence-corrected chi connectivity index (χ1v) is 9.30. The van der Waals surface area contributed by atoms with Crippen LogP contribution in [0.5, 0.6) is 0 Å². The third-order valence-electron chi connectivity index (χ3n) is 4.55. The third-order valence-corrected chi connectivity index (χ3v) is 4.55. The summed E-state index contributed by atoms with van der Waals surface area (Å²) in [4.78, 5) is 20.3. The van der Waals surface area contributed by atoms with Crippen LogP contribution in [-0.2, 0) is 9.53 Å². The fourth-order valence-corrected chi connectivity index (χ4v) is 2.84. The van der Waals surface area contributed by atoms with Crippen LogP contribution in [0.3, 0.4) is 0 Å². The molecule has 0 aromatic carbocycles. The quantitative estimate of drug-likeness (QED) is 0.326. The number of nitrogens with one attached hydrogen (secondary N) is 2. The lowest BCUT2D eigenvalue weighted by Gasteiger charge is -2.34. The van der Waals surface area contributed by atoms with Crippen molar-refractivity contribution in [2.75, 3.05) is 59.5 Å². The summed E-state index contributed by atoms with van der Waals surface area (Å²) in [5.74, 6) is 1.00. The molecular weight excluding hydrogens is 445 g/mol. The molecule has 1 unspecified atom stereocenters. The summed E-state index contributed by atoms with van der Waals surface area (Å²) in [6, 6.07) is 0. The molecule has 1 heterocycles. The number of carbonyl (C=O) groups excluding carboxylic acids is 1. The van der Waals surface area contributed by atoms with E-state index in [1.165, 1.54) is 0 Å². The van der Waals surface area contributed by atoms with Crippen LogP contribution >= 0.6 is 24.0 Å². The first-order valence-electron chi connectivity index (χ1n) is 9.30. The van der Waals surface area contributed by atoms with E-state index < -0.39 is 0 Å². The topological polar surface area (TPSA) is 69.2 Å². The van der Waals surface area contributed by atoms with Crippen LogP contribution in [0.1, 0.15) is 34.6 Å². The molecule has 0 aromatic heterocycles. The van der Waals surface area contributed by atoms with Gasteiger partial charge >= 0.3 is 0 Å². The summed E-state index contributed by atoms with van der Waals surface area (Å²) in [5, 5.41) is 6.68. The molecule has 1 fully saturated rings. The van der Waals surface area contributed by atoms with Crippen molar-refractivity contribution in [3.05, 3.63) is 0 Å². The normalized spacial score (nSPS) is 17.5. The summed E-state index contributed by atoms with van der Waals surface area (Å²) < 4.78 is 5.57. The van der Waals surface area contributed by atoms with Crippen molar-refractivity contribution in [2.24, 2.45) is 10.4 Å². The standard InChI is InChI=1S/C18H37N5O2.HI/c1-7-19-17(21-14-16(25-6)18(3,4)5)20-8-9-22-10-12-23(13-11-22)15(2)24;/h16H,7-14H2,1-6H3,(H2,19,20,21);1H. The number of hydrogen-bond donors (Lipinski definition) is 2. The van der Waals surface area contributed by atoms with E-state index in [2.05, 4.69) is 48.2 Å². The largest absolute Gasteiger partial charge is 0.379 e. The summed E-state index contributed by atoms with van der Waals surface area (Å²) in [7, 11) is 1.74. The molecular formula is C18H38IN5O2. The van der Waals surface area contributed by atoms with Gasteiger partial charge in [-0.1, -0.05) is 20.8 Å². The van der Waals surface area contributed by atoms with Crippen molar-refractivity contribution >= 4 is 35.8 Å². The highest BCUT2D eigenvalue weighted by Gasteiger charge is 2.24. The van der Waals surface area contributed by atoms with Crippen LogP contribution in [0.4, 0.5) is 0 Å². The Labute approximate surface area is 176 Å². The number of rotatable bonds is 7. The van der Waals surface area contributed by atoms with Crippen molar-refractivity contribution < 1.29 is 9.53 Å². The van der Waals surface area contributed by atoms with Gasteiger partial charge in [0.15, 0.2) is 5.96 Å². The minimum Gasteiger partial charge on any atom is -0.379 e. The second kappa shape index (κ2) is 12.7. The lowest BCUT2D eigenvalue weighted by atomic mass is 9.89. The second-order valence-corrected chi connectivity index (χ2v) is 7.58. The smallest absolute Gasteiger partial charge is 0.219 e. The summed E-state index contributed by atoms with van der Waals surface area (Å²) >= 11 is 0. The van der Waals surface area contributed by atoms with E-state index in [4.69, 9.17) is 4.74 Å². The molecule has 7 nitrogen and oxygen atoms in total. The summed E-state index contributed by atoms with van der Waals surface area (Å²) in [6.45, 7) is 17.0. The van der Waals surface area contributed by atoms with E-state index in [0.29, 0.717) is 6.54 Å². The van der Waals surface area contributed by atoms with E-state index in [0.717, 1.165) is 51.8 Å². The monoisotopic (exact) mass is 483 g/mol. The maximum Gasteiger partial charge on any atom is 0.219 e. The lowest BCUT2D eigenvalue weighted by molar-refractivity contribution is -0.130. The number of piperazine rings is 1. The fourth-order valence-electron chi connectivity index (χ4n) is 2.84.